The molecule has 5 rings (SSSR count). The summed E-state index contributed by atoms with van der Waals surface area (Å²) >= 11 is 0. The molecule has 0 saturated heterocycles. The zero-order valence-corrected chi connectivity index (χ0v) is 17.9. The summed E-state index contributed by atoms with van der Waals surface area (Å²) in [5.41, 5.74) is 6.29. The van der Waals surface area contributed by atoms with E-state index in [4.69, 9.17) is 4.99 Å². The van der Waals surface area contributed by atoms with Crippen molar-refractivity contribution in [3.63, 3.8) is 0 Å². The molecule has 1 spiro atoms. The summed E-state index contributed by atoms with van der Waals surface area (Å²) in [6.45, 7) is 12.1. The van der Waals surface area contributed by atoms with Gasteiger partial charge in [-0.25, -0.2) is 4.99 Å². The Bertz CT molecular complexity index is 918. The molecule has 2 atom stereocenters. The molecule has 2 bridgehead atoms. The third-order valence-electron chi connectivity index (χ3n) is 6.92. The summed E-state index contributed by atoms with van der Waals surface area (Å²) in [4.78, 5) is 5.42. The van der Waals surface area contributed by atoms with E-state index in [2.05, 4.69) is 81.7 Å². The lowest BCUT2D eigenvalue weighted by Gasteiger charge is -2.58. The maximum atomic E-state index is 5.42. The maximum absolute atomic E-state index is 5.42. The third-order valence-corrected chi connectivity index (χ3v) is 6.92. The van der Waals surface area contributed by atoms with Gasteiger partial charge in [0.25, 0.3) is 0 Å². The summed E-state index contributed by atoms with van der Waals surface area (Å²) in [5, 5.41) is 7.27. The van der Waals surface area contributed by atoms with Crippen LogP contribution in [0.2, 0.25) is 0 Å². The van der Waals surface area contributed by atoms with Crippen LogP contribution in [0.15, 0.2) is 58.2 Å². The largest absolute Gasteiger partial charge is 0.329 e. The highest BCUT2D eigenvalue weighted by Crippen LogP contribution is 2.63. The van der Waals surface area contributed by atoms with Gasteiger partial charge in [-0.15, -0.1) is 0 Å². The summed E-state index contributed by atoms with van der Waals surface area (Å²) in [7, 11) is 0. The van der Waals surface area contributed by atoms with Gasteiger partial charge in [-0.1, -0.05) is 58.9 Å². The molecule has 2 N–H and O–H groups in total. The predicted molar refractivity (Wildman–Crippen MR) is 117 cm³/mol. The van der Waals surface area contributed by atoms with Crippen LogP contribution in [0.4, 0.5) is 5.69 Å². The lowest BCUT2D eigenvalue weighted by molar-refractivity contribution is 0.0727. The Labute approximate surface area is 169 Å². The number of hydrogen-bond donors (Lipinski definition) is 2. The first kappa shape index (κ1) is 18.0. The zero-order valence-electron chi connectivity index (χ0n) is 17.9. The van der Waals surface area contributed by atoms with Gasteiger partial charge in [-0.3, -0.25) is 0 Å². The first-order valence-electron chi connectivity index (χ1n) is 10.7. The van der Waals surface area contributed by atoms with E-state index in [0.29, 0.717) is 5.41 Å². The lowest BCUT2D eigenvalue weighted by atomic mass is 9.50. The number of fused-ring (bicyclic) bond motifs is 1. The molecule has 1 saturated carbocycles. The number of nitrogens with one attached hydrogen (secondary N) is 2. The highest BCUT2D eigenvalue weighted by molar-refractivity contribution is 5.96. The Morgan fingerprint density at radius 1 is 0.893 bits per heavy atom. The average Bonchev–Trinajstić information content (AvgIpc) is 2.50. The van der Waals surface area contributed by atoms with Gasteiger partial charge in [0.2, 0.25) is 5.96 Å². The van der Waals surface area contributed by atoms with Gasteiger partial charge >= 0.3 is 0 Å². The molecule has 4 aliphatic rings. The first-order valence-corrected chi connectivity index (χ1v) is 10.7. The smallest absolute Gasteiger partial charge is 0.200 e. The maximum Gasteiger partial charge on any atom is 0.200 e. The van der Waals surface area contributed by atoms with Crippen molar-refractivity contribution in [1.29, 1.82) is 0 Å². The summed E-state index contributed by atoms with van der Waals surface area (Å²) < 4.78 is 0. The van der Waals surface area contributed by atoms with Crippen LogP contribution in [0, 0.1) is 16.2 Å². The van der Waals surface area contributed by atoms with E-state index in [1.807, 2.05) is 0 Å². The minimum atomic E-state index is -0.0885. The Kier molecular flexibility index (Phi) is 3.56. The van der Waals surface area contributed by atoms with Crippen LogP contribution in [-0.2, 0) is 0 Å². The van der Waals surface area contributed by atoms with Crippen LogP contribution in [0.25, 0.3) is 0 Å². The SMILES string of the molecule is CC1(C)CC2=CC3(C)CC(C)(C)CC4(C3)N=C(Nc3ccccc3)NC(=C24)C1. The monoisotopic (exact) mass is 375 g/mol. The van der Waals surface area contributed by atoms with Gasteiger partial charge in [0, 0.05) is 17.0 Å². The third kappa shape index (κ3) is 2.91. The molecule has 3 nitrogen and oxygen atoms in total. The van der Waals surface area contributed by atoms with E-state index in [9.17, 15) is 0 Å². The molecule has 0 aromatic heterocycles. The predicted octanol–water partition coefficient (Wildman–Crippen LogP) is 6.03. The number of allylic oxidation sites excluding steroid dienone is 2. The molecular weight excluding hydrogens is 342 g/mol. The van der Waals surface area contributed by atoms with Crippen molar-refractivity contribution in [1.82, 2.24) is 5.32 Å². The fraction of sp³-hybridized carbons (Fsp3) is 0.560. The van der Waals surface area contributed by atoms with Crippen molar-refractivity contribution in [2.24, 2.45) is 21.2 Å². The molecule has 3 heteroatoms. The van der Waals surface area contributed by atoms with E-state index in [-0.39, 0.29) is 16.4 Å². The van der Waals surface area contributed by atoms with Crippen molar-refractivity contribution in [3.05, 3.63) is 53.3 Å². The van der Waals surface area contributed by atoms with Crippen LogP contribution in [-0.4, -0.2) is 11.5 Å². The number of aliphatic imine (C=N–C) groups is 1. The minimum absolute atomic E-state index is 0.0885. The van der Waals surface area contributed by atoms with Gasteiger partial charge in [0.15, 0.2) is 0 Å². The number of guanidine groups is 1. The summed E-state index contributed by atoms with van der Waals surface area (Å²) in [5.74, 6) is 0.920. The summed E-state index contributed by atoms with van der Waals surface area (Å²) in [6.07, 6.45) is 8.39. The molecular formula is C25H33N3. The Balaban J connectivity index is 1.65. The van der Waals surface area contributed by atoms with E-state index in [1.165, 1.54) is 24.1 Å². The molecule has 3 aliphatic carbocycles. The molecule has 1 aromatic rings. The highest BCUT2D eigenvalue weighted by Gasteiger charge is 2.57. The van der Waals surface area contributed by atoms with Gasteiger partial charge in [0.1, 0.15) is 0 Å². The van der Waals surface area contributed by atoms with Gasteiger partial charge in [-0.2, -0.15) is 0 Å². The lowest BCUT2D eigenvalue weighted by Crippen LogP contribution is -2.56. The molecule has 0 amide bonds. The number of benzene rings is 1. The molecule has 28 heavy (non-hydrogen) atoms. The number of hydrogen-bond acceptors (Lipinski definition) is 3. The minimum Gasteiger partial charge on any atom is -0.329 e. The van der Waals surface area contributed by atoms with E-state index in [1.54, 1.807) is 5.57 Å². The van der Waals surface area contributed by atoms with Gasteiger partial charge < -0.3 is 10.6 Å². The standard InChI is InChI=1S/C25H33N3/c1-22(2)11-17-12-24(5)14-23(3,4)15-25(16-24)20(17)19(13-22)27-21(28-25)26-18-9-7-6-8-10-18/h6-10,12H,11,13-16H2,1-5H3,(H2,26,27,28). The average molecular weight is 376 g/mol. The molecule has 2 unspecified atom stereocenters. The Hall–Kier alpha value is -2.03. The number of nitrogens with zero attached hydrogens (tertiary/aromatic N) is 1. The zero-order chi connectivity index (χ0) is 19.8. The topological polar surface area (TPSA) is 36.4 Å². The summed E-state index contributed by atoms with van der Waals surface area (Å²) in [6, 6.07) is 10.4. The van der Waals surface area contributed by atoms with Crippen molar-refractivity contribution in [3.8, 4) is 0 Å². The fourth-order valence-electron chi connectivity index (χ4n) is 6.91. The Morgan fingerprint density at radius 2 is 1.64 bits per heavy atom. The van der Waals surface area contributed by atoms with Crippen molar-refractivity contribution < 1.29 is 0 Å². The second-order valence-electron chi connectivity index (χ2n) is 11.5. The second kappa shape index (κ2) is 5.52. The normalized spacial score (nSPS) is 34.6. The van der Waals surface area contributed by atoms with Gasteiger partial charge in [-0.05, 0) is 66.1 Å². The van der Waals surface area contributed by atoms with E-state index < -0.39 is 0 Å². The van der Waals surface area contributed by atoms with Gasteiger partial charge in [0.05, 0.1) is 5.54 Å². The molecule has 1 aromatic carbocycles. The van der Waals surface area contributed by atoms with E-state index >= 15 is 0 Å². The van der Waals surface area contributed by atoms with Crippen LogP contribution in [0.1, 0.15) is 66.7 Å². The van der Waals surface area contributed by atoms with Crippen molar-refractivity contribution in [2.45, 2.75) is 72.3 Å². The van der Waals surface area contributed by atoms with Crippen LogP contribution in [0.5, 0.6) is 0 Å². The van der Waals surface area contributed by atoms with Crippen LogP contribution in [0.3, 0.4) is 0 Å². The first-order chi connectivity index (χ1) is 13.1. The number of anilines is 1. The number of rotatable bonds is 1. The van der Waals surface area contributed by atoms with Crippen molar-refractivity contribution >= 4 is 11.6 Å². The Morgan fingerprint density at radius 3 is 2.39 bits per heavy atom. The van der Waals surface area contributed by atoms with Crippen LogP contribution >= 0.6 is 0 Å². The molecule has 1 heterocycles. The molecule has 1 fully saturated rings. The second-order valence-corrected chi connectivity index (χ2v) is 11.5. The molecule has 148 valence electrons. The quantitative estimate of drug-likeness (QED) is 0.629. The van der Waals surface area contributed by atoms with Crippen molar-refractivity contribution in [2.75, 3.05) is 5.32 Å². The van der Waals surface area contributed by atoms with Crippen LogP contribution < -0.4 is 10.6 Å². The van der Waals surface area contributed by atoms with E-state index in [0.717, 1.165) is 30.9 Å². The molecule has 0 radical (unpaired) electrons. The fourth-order valence-corrected chi connectivity index (χ4v) is 6.91. The number of para-hydroxylation sites is 1. The highest BCUT2D eigenvalue weighted by atomic mass is 15.2. The molecule has 1 aliphatic heterocycles.